The fraction of sp³-hybridized carbons (Fsp3) is 0.737. The maximum atomic E-state index is 4.38. The molecule has 2 atom stereocenters. The Morgan fingerprint density at radius 2 is 2.20 bits per heavy atom. The molecule has 2 N–H and O–H groups in total. The van der Waals surface area contributed by atoms with E-state index in [9.17, 15) is 0 Å². The molecule has 4 nitrogen and oxygen atoms in total. The first-order valence-corrected chi connectivity index (χ1v) is 10.2. The fourth-order valence-electron chi connectivity index (χ4n) is 3.55. The van der Waals surface area contributed by atoms with Crippen LogP contribution in [0.5, 0.6) is 0 Å². The number of hydrogen-bond acceptors (Lipinski definition) is 3. The van der Waals surface area contributed by atoms with Crippen molar-refractivity contribution >= 4 is 41.3 Å². The van der Waals surface area contributed by atoms with Gasteiger partial charge in [-0.3, -0.25) is 9.89 Å². The summed E-state index contributed by atoms with van der Waals surface area (Å²) in [6, 6.07) is 4.98. The van der Waals surface area contributed by atoms with E-state index in [1.165, 1.54) is 37.1 Å². The number of nitrogens with one attached hydrogen (secondary N) is 2. The molecular formula is C19H35IN4S. The smallest absolute Gasteiger partial charge is 0.190 e. The van der Waals surface area contributed by atoms with Crippen LogP contribution in [0.25, 0.3) is 0 Å². The molecule has 1 saturated heterocycles. The summed E-state index contributed by atoms with van der Waals surface area (Å²) >= 11 is 1.88. The van der Waals surface area contributed by atoms with Gasteiger partial charge in [0.2, 0.25) is 0 Å². The lowest BCUT2D eigenvalue weighted by atomic mass is 9.88. The van der Waals surface area contributed by atoms with E-state index >= 15 is 0 Å². The SMILES string of the molecule is CN=C(NCCCC(C)C)NCC1CCCN(C)C1c1cccs1.I. The van der Waals surface area contributed by atoms with Crippen LogP contribution >= 0.6 is 35.3 Å². The standard InChI is InChI=1S/C19H34N4S.HI/c1-15(2)8-5-11-21-19(20-3)22-14-16-9-6-12-23(4)18(16)17-10-7-13-24-17;/h7,10,13,15-16,18H,5-6,8-9,11-12,14H2,1-4H3,(H2,20,21,22);1H. The summed E-state index contributed by atoms with van der Waals surface area (Å²) in [6.07, 6.45) is 5.02. The quantitative estimate of drug-likeness (QED) is 0.265. The molecule has 0 radical (unpaired) electrons. The molecule has 1 aliphatic heterocycles. The van der Waals surface area contributed by atoms with Gasteiger partial charge in [-0.25, -0.2) is 0 Å². The lowest BCUT2D eigenvalue weighted by Gasteiger charge is -2.39. The topological polar surface area (TPSA) is 39.7 Å². The highest BCUT2D eigenvalue weighted by Gasteiger charge is 2.31. The second kappa shape index (κ2) is 12.1. The van der Waals surface area contributed by atoms with Crippen molar-refractivity contribution in [2.75, 3.05) is 33.7 Å². The average Bonchev–Trinajstić information content (AvgIpc) is 3.08. The van der Waals surface area contributed by atoms with Gasteiger partial charge in [0.05, 0.1) is 0 Å². The number of thiophene rings is 1. The number of hydrogen-bond donors (Lipinski definition) is 2. The number of halogens is 1. The van der Waals surface area contributed by atoms with E-state index in [1.54, 1.807) is 0 Å². The second-order valence-corrected chi connectivity index (χ2v) is 8.24. The zero-order valence-corrected chi connectivity index (χ0v) is 19.3. The minimum absolute atomic E-state index is 0. The van der Waals surface area contributed by atoms with Crippen molar-refractivity contribution in [2.24, 2.45) is 16.8 Å². The summed E-state index contributed by atoms with van der Waals surface area (Å²) in [4.78, 5) is 8.38. The number of guanidine groups is 1. The van der Waals surface area contributed by atoms with Crippen molar-refractivity contribution in [3.63, 3.8) is 0 Å². The third-order valence-electron chi connectivity index (χ3n) is 4.85. The molecule has 0 aliphatic carbocycles. The first kappa shape index (κ1) is 22.7. The zero-order valence-electron chi connectivity index (χ0n) is 16.1. The largest absolute Gasteiger partial charge is 0.356 e. The molecular weight excluding hydrogens is 443 g/mol. The Balaban J connectivity index is 0.00000312. The summed E-state index contributed by atoms with van der Waals surface area (Å²) in [5.41, 5.74) is 0. The molecule has 1 aliphatic rings. The number of likely N-dealkylation sites (tertiary alicyclic amines) is 1. The van der Waals surface area contributed by atoms with E-state index in [4.69, 9.17) is 0 Å². The first-order chi connectivity index (χ1) is 11.6. The van der Waals surface area contributed by atoms with E-state index in [2.05, 4.69) is 58.9 Å². The molecule has 0 saturated carbocycles. The molecule has 25 heavy (non-hydrogen) atoms. The van der Waals surface area contributed by atoms with Gasteiger partial charge < -0.3 is 10.6 Å². The van der Waals surface area contributed by atoms with E-state index < -0.39 is 0 Å². The normalized spacial score (nSPS) is 21.9. The van der Waals surface area contributed by atoms with Crippen LogP contribution in [0.1, 0.15) is 50.4 Å². The molecule has 0 spiro atoms. The summed E-state index contributed by atoms with van der Waals surface area (Å²) < 4.78 is 0. The molecule has 1 aromatic heterocycles. The fourth-order valence-corrected chi connectivity index (χ4v) is 4.53. The summed E-state index contributed by atoms with van der Waals surface area (Å²) in [6.45, 7) is 7.73. The van der Waals surface area contributed by atoms with Gasteiger partial charge in [0.1, 0.15) is 0 Å². The molecule has 0 aromatic carbocycles. The average molecular weight is 478 g/mol. The molecule has 1 fully saturated rings. The van der Waals surface area contributed by atoms with Crippen molar-refractivity contribution in [1.29, 1.82) is 0 Å². The van der Waals surface area contributed by atoms with Crippen LogP contribution < -0.4 is 10.6 Å². The Morgan fingerprint density at radius 1 is 1.40 bits per heavy atom. The lowest BCUT2D eigenvalue weighted by Crippen LogP contribution is -2.45. The molecule has 6 heteroatoms. The van der Waals surface area contributed by atoms with Crippen molar-refractivity contribution in [3.05, 3.63) is 22.4 Å². The molecule has 2 unspecified atom stereocenters. The molecule has 144 valence electrons. The predicted octanol–water partition coefficient (Wildman–Crippen LogP) is 4.35. The minimum Gasteiger partial charge on any atom is -0.356 e. The van der Waals surface area contributed by atoms with Gasteiger partial charge in [0.25, 0.3) is 0 Å². The second-order valence-electron chi connectivity index (χ2n) is 7.26. The number of rotatable bonds is 7. The third-order valence-corrected chi connectivity index (χ3v) is 5.79. The Labute approximate surface area is 174 Å². The molecule has 0 amide bonds. The minimum atomic E-state index is 0. The Hall–Kier alpha value is -0.340. The van der Waals surface area contributed by atoms with Crippen LogP contribution in [-0.2, 0) is 0 Å². The van der Waals surface area contributed by atoms with Gasteiger partial charge >= 0.3 is 0 Å². The van der Waals surface area contributed by atoms with Crippen molar-refractivity contribution in [3.8, 4) is 0 Å². The summed E-state index contributed by atoms with van der Waals surface area (Å²) in [7, 11) is 4.12. The van der Waals surface area contributed by atoms with Gasteiger partial charge in [-0.05, 0) is 62.6 Å². The predicted molar refractivity (Wildman–Crippen MR) is 121 cm³/mol. The van der Waals surface area contributed by atoms with Crippen molar-refractivity contribution in [1.82, 2.24) is 15.5 Å². The molecule has 0 bridgehead atoms. The van der Waals surface area contributed by atoms with Crippen LogP contribution in [-0.4, -0.2) is 44.6 Å². The maximum absolute atomic E-state index is 4.38. The Bertz CT molecular complexity index is 490. The number of piperidine rings is 1. The Morgan fingerprint density at radius 3 is 2.84 bits per heavy atom. The van der Waals surface area contributed by atoms with Gasteiger partial charge in [-0.2, -0.15) is 0 Å². The number of nitrogens with zero attached hydrogens (tertiary/aromatic N) is 2. The first-order valence-electron chi connectivity index (χ1n) is 9.30. The van der Waals surface area contributed by atoms with Gasteiger partial charge in [-0.1, -0.05) is 19.9 Å². The van der Waals surface area contributed by atoms with E-state index in [0.717, 1.165) is 25.0 Å². The van der Waals surface area contributed by atoms with Crippen molar-refractivity contribution in [2.45, 2.75) is 45.6 Å². The summed E-state index contributed by atoms with van der Waals surface area (Å²) in [5, 5.41) is 9.20. The van der Waals surface area contributed by atoms with Crippen LogP contribution in [0.4, 0.5) is 0 Å². The lowest BCUT2D eigenvalue weighted by molar-refractivity contribution is 0.125. The summed E-state index contributed by atoms with van der Waals surface area (Å²) in [5.74, 6) is 2.35. The van der Waals surface area contributed by atoms with E-state index in [-0.39, 0.29) is 24.0 Å². The number of aliphatic imine (C=N–C) groups is 1. The van der Waals surface area contributed by atoms with Gasteiger partial charge in [-0.15, -0.1) is 35.3 Å². The maximum Gasteiger partial charge on any atom is 0.190 e. The third kappa shape index (κ3) is 7.43. The van der Waals surface area contributed by atoms with Crippen LogP contribution in [0.15, 0.2) is 22.5 Å². The molecule has 2 rings (SSSR count). The van der Waals surface area contributed by atoms with Crippen LogP contribution in [0, 0.1) is 11.8 Å². The van der Waals surface area contributed by atoms with Crippen LogP contribution in [0.3, 0.4) is 0 Å². The van der Waals surface area contributed by atoms with E-state index in [1.807, 2.05) is 18.4 Å². The van der Waals surface area contributed by atoms with Crippen molar-refractivity contribution < 1.29 is 0 Å². The Kier molecular flexibility index (Phi) is 11.0. The van der Waals surface area contributed by atoms with Crippen LogP contribution in [0.2, 0.25) is 0 Å². The highest BCUT2D eigenvalue weighted by atomic mass is 127. The molecule has 2 heterocycles. The highest BCUT2D eigenvalue weighted by molar-refractivity contribution is 14.0. The zero-order chi connectivity index (χ0) is 17.4. The van der Waals surface area contributed by atoms with Gasteiger partial charge in [0, 0.05) is 31.1 Å². The monoisotopic (exact) mass is 478 g/mol. The van der Waals surface area contributed by atoms with E-state index in [0.29, 0.717) is 12.0 Å². The highest BCUT2D eigenvalue weighted by Crippen LogP contribution is 2.36. The van der Waals surface area contributed by atoms with Gasteiger partial charge in [0.15, 0.2) is 5.96 Å². The molecule has 1 aromatic rings.